The van der Waals surface area contributed by atoms with E-state index in [1.165, 1.54) is 23.0 Å². The largest absolute Gasteiger partial charge is 0.463 e. The summed E-state index contributed by atoms with van der Waals surface area (Å²) in [6, 6.07) is 1.54. The highest BCUT2D eigenvalue weighted by Crippen LogP contribution is 2.19. The standard InChI is InChI=1S/C22H34N2O8/c1-5-9-18(25)29-14-17(15-30-19(26)10-6-2)32-21(16(4)31-20(27)11-7-3)24-13-8-12-23-22(24)28/h8,12-13,16-17,21H,5-7,9-11,14-15H2,1-4H3/t16-,21+/m0/s1. The Morgan fingerprint density at radius 3 is 1.97 bits per heavy atom. The molecule has 10 heteroatoms. The Kier molecular flexibility index (Phi) is 12.9. The fourth-order valence-corrected chi connectivity index (χ4v) is 2.74. The van der Waals surface area contributed by atoms with E-state index in [0.717, 1.165) is 0 Å². The van der Waals surface area contributed by atoms with Gasteiger partial charge in [0.15, 0.2) is 6.23 Å². The third kappa shape index (κ3) is 10.0. The molecule has 2 atom stereocenters. The Labute approximate surface area is 188 Å². The molecule has 1 aromatic heterocycles. The topological polar surface area (TPSA) is 123 Å². The molecule has 10 nitrogen and oxygen atoms in total. The fraction of sp³-hybridized carbons (Fsp3) is 0.682. The van der Waals surface area contributed by atoms with Crippen LogP contribution in [0.2, 0.25) is 0 Å². The molecule has 0 spiro atoms. The summed E-state index contributed by atoms with van der Waals surface area (Å²) in [6.45, 7) is 6.73. The Morgan fingerprint density at radius 1 is 0.938 bits per heavy atom. The smallest absolute Gasteiger partial charge is 0.349 e. The molecule has 1 aromatic rings. The van der Waals surface area contributed by atoms with Gasteiger partial charge in [0.2, 0.25) is 0 Å². The van der Waals surface area contributed by atoms with E-state index in [-0.39, 0.29) is 32.5 Å². The molecule has 0 N–H and O–H groups in total. The molecule has 0 aromatic carbocycles. The lowest BCUT2D eigenvalue weighted by Crippen LogP contribution is -2.40. The van der Waals surface area contributed by atoms with Gasteiger partial charge in [0.1, 0.15) is 25.4 Å². The Hall–Kier alpha value is -2.75. The molecule has 0 saturated carbocycles. The van der Waals surface area contributed by atoms with Crippen LogP contribution in [0.25, 0.3) is 0 Å². The van der Waals surface area contributed by atoms with Crippen molar-refractivity contribution in [2.45, 2.75) is 84.7 Å². The van der Waals surface area contributed by atoms with E-state index in [1.807, 2.05) is 20.8 Å². The molecule has 0 unspecified atom stereocenters. The molecule has 0 fully saturated rings. The maximum atomic E-state index is 12.3. The lowest BCUT2D eigenvalue weighted by molar-refractivity contribution is -0.183. The lowest BCUT2D eigenvalue weighted by Gasteiger charge is -2.29. The summed E-state index contributed by atoms with van der Waals surface area (Å²) in [5.74, 6) is -1.28. The third-order valence-corrected chi connectivity index (χ3v) is 4.29. The summed E-state index contributed by atoms with van der Waals surface area (Å²) in [5, 5.41) is 0. The molecule has 0 bridgehead atoms. The van der Waals surface area contributed by atoms with Gasteiger partial charge in [0.05, 0.1) is 0 Å². The molecule has 0 saturated heterocycles. The van der Waals surface area contributed by atoms with Crippen LogP contribution in [0.3, 0.4) is 0 Å². The molecule has 0 aliphatic heterocycles. The van der Waals surface area contributed by atoms with Crippen LogP contribution in [0.1, 0.15) is 72.4 Å². The first-order chi connectivity index (χ1) is 15.3. The van der Waals surface area contributed by atoms with Crippen LogP contribution in [0, 0.1) is 0 Å². The number of ether oxygens (including phenoxy) is 4. The van der Waals surface area contributed by atoms with Gasteiger partial charge in [-0.05, 0) is 32.3 Å². The number of esters is 3. The number of aromatic nitrogens is 2. The minimum absolute atomic E-state index is 0.195. The second-order valence-electron chi connectivity index (χ2n) is 7.27. The van der Waals surface area contributed by atoms with Crippen molar-refractivity contribution in [3.05, 3.63) is 28.9 Å². The quantitative estimate of drug-likeness (QED) is 0.290. The van der Waals surface area contributed by atoms with Gasteiger partial charge < -0.3 is 18.9 Å². The van der Waals surface area contributed by atoms with E-state index in [0.29, 0.717) is 19.3 Å². The average molecular weight is 455 g/mol. The van der Waals surface area contributed by atoms with Crippen molar-refractivity contribution in [2.75, 3.05) is 13.2 Å². The highest BCUT2D eigenvalue weighted by Gasteiger charge is 2.29. The van der Waals surface area contributed by atoms with Crippen LogP contribution in [0.5, 0.6) is 0 Å². The Bertz CT molecular complexity index is 757. The van der Waals surface area contributed by atoms with Crippen molar-refractivity contribution in [1.29, 1.82) is 0 Å². The molecule has 32 heavy (non-hydrogen) atoms. The van der Waals surface area contributed by atoms with Crippen molar-refractivity contribution < 1.29 is 33.3 Å². The van der Waals surface area contributed by atoms with E-state index in [2.05, 4.69) is 4.98 Å². The normalized spacial score (nSPS) is 12.8. The van der Waals surface area contributed by atoms with Gasteiger partial charge in [-0.25, -0.2) is 9.78 Å². The number of carbonyl (C=O) groups excluding carboxylic acids is 3. The second kappa shape index (κ2) is 15.1. The van der Waals surface area contributed by atoms with Gasteiger partial charge in [0, 0.05) is 31.7 Å². The van der Waals surface area contributed by atoms with Crippen LogP contribution in [-0.4, -0.2) is 52.9 Å². The molecular weight excluding hydrogens is 420 g/mol. The molecule has 0 amide bonds. The SMILES string of the molecule is CCCC(=O)OCC(COC(=O)CCC)O[C@H]([C@H](C)OC(=O)CCC)n1cccnc1=O. The number of hydrogen-bond acceptors (Lipinski definition) is 9. The summed E-state index contributed by atoms with van der Waals surface area (Å²) in [7, 11) is 0. The van der Waals surface area contributed by atoms with Crippen molar-refractivity contribution in [2.24, 2.45) is 0 Å². The first kappa shape index (κ1) is 27.3. The van der Waals surface area contributed by atoms with Gasteiger partial charge in [-0.2, -0.15) is 0 Å². The van der Waals surface area contributed by atoms with Crippen LogP contribution < -0.4 is 5.69 Å². The predicted octanol–water partition coefficient (Wildman–Crippen LogP) is 2.55. The zero-order chi connectivity index (χ0) is 23.9. The third-order valence-electron chi connectivity index (χ3n) is 4.29. The minimum Gasteiger partial charge on any atom is -0.463 e. The van der Waals surface area contributed by atoms with E-state index in [9.17, 15) is 19.2 Å². The zero-order valence-corrected chi connectivity index (χ0v) is 19.3. The van der Waals surface area contributed by atoms with Gasteiger partial charge >= 0.3 is 23.6 Å². The van der Waals surface area contributed by atoms with Crippen LogP contribution in [-0.2, 0) is 33.3 Å². The number of carbonyl (C=O) groups is 3. The van der Waals surface area contributed by atoms with Crippen molar-refractivity contribution in [3.63, 3.8) is 0 Å². The Balaban J connectivity index is 3.07. The highest BCUT2D eigenvalue weighted by atomic mass is 16.6. The highest BCUT2D eigenvalue weighted by molar-refractivity contribution is 5.70. The fourth-order valence-electron chi connectivity index (χ4n) is 2.74. The first-order valence-corrected chi connectivity index (χ1v) is 11.0. The zero-order valence-electron chi connectivity index (χ0n) is 19.3. The van der Waals surface area contributed by atoms with E-state index in [1.54, 1.807) is 6.92 Å². The second-order valence-corrected chi connectivity index (χ2v) is 7.27. The predicted molar refractivity (Wildman–Crippen MR) is 115 cm³/mol. The van der Waals surface area contributed by atoms with Gasteiger partial charge in [-0.1, -0.05) is 20.8 Å². The summed E-state index contributed by atoms with van der Waals surface area (Å²) >= 11 is 0. The molecular formula is C22H34N2O8. The molecule has 1 heterocycles. The minimum atomic E-state index is -1.07. The summed E-state index contributed by atoms with van der Waals surface area (Å²) in [5.41, 5.74) is -0.611. The molecule has 0 aliphatic rings. The van der Waals surface area contributed by atoms with Crippen LogP contribution >= 0.6 is 0 Å². The van der Waals surface area contributed by atoms with Crippen molar-refractivity contribution in [1.82, 2.24) is 9.55 Å². The van der Waals surface area contributed by atoms with E-state index in [4.69, 9.17) is 18.9 Å². The first-order valence-electron chi connectivity index (χ1n) is 11.0. The van der Waals surface area contributed by atoms with Gasteiger partial charge in [-0.15, -0.1) is 0 Å². The number of hydrogen-bond donors (Lipinski definition) is 0. The summed E-state index contributed by atoms with van der Waals surface area (Å²) < 4.78 is 23.1. The number of rotatable bonds is 15. The Morgan fingerprint density at radius 2 is 1.47 bits per heavy atom. The van der Waals surface area contributed by atoms with Crippen LogP contribution in [0.4, 0.5) is 0 Å². The van der Waals surface area contributed by atoms with Crippen molar-refractivity contribution in [3.8, 4) is 0 Å². The maximum absolute atomic E-state index is 12.3. The monoisotopic (exact) mass is 454 g/mol. The summed E-state index contributed by atoms with van der Waals surface area (Å²) in [6.07, 6.45) is 2.49. The molecule has 1 rings (SSSR count). The van der Waals surface area contributed by atoms with Crippen molar-refractivity contribution >= 4 is 17.9 Å². The van der Waals surface area contributed by atoms with E-state index >= 15 is 0 Å². The average Bonchev–Trinajstić information content (AvgIpc) is 2.74. The van der Waals surface area contributed by atoms with Crippen LogP contribution in [0.15, 0.2) is 23.3 Å². The van der Waals surface area contributed by atoms with E-state index < -0.39 is 42.0 Å². The summed E-state index contributed by atoms with van der Waals surface area (Å²) in [4.78, 5) is 51.7. The molecule has 180 valence electrons. The van der Waals surface area contributed by atoms with Gasteiger partial charge in [-0.3, -0.25) is 19.0 Å². The lowest BCUT2D eigenvalue weighted by atomic mass is 10.3. The molecule has 0 radical (unpaired) electrons. The maximum Gasteiger partial charge on any atom is 0.349 e. The molecule has 0 aliphatic carbocycles. The van der Waals surface area contributed by atoms with Gasteiger partial charge in [0.25, 0.3) is 0 Å². The number of nitrogens with zero attached hydrogens (tertiary/aromatic N) is 2.